The highest BCUT2D eigenvalue weighted by Crippen LogP contribution is 2.27. The van der Waals surface area contributed by atoms with E-state index in [1.807, 2.05) is 6.92 Å². The third-order valence-electron chi connectivity index (χ3n) is 2.84. The topological polar surface area (TPSA) is 81.5 Å². The molecule has 0 bridgehead atoms. The molecule has 20 heavy (non-hydrogen) atoms. The first-order valence-corrected chi connectivity index (χ1v) is 6.48. The molecule has 0 amide bonds. The maximum absolute atomic E-state index is 11.5. The van der Waals surface area contributed by atoms with Gasteiger partial charge in [-0.25, -0.2) is 4.79 Å². The molecule has 0 heterocycles. The van der Waals surface area contributed by atoms with Crippen LogP contribution in [0, 0.1) is 16.0 Å². The zero-order chi connectivity index (χ0) is 15.3. The Balaban J connectivity index is 3.06. The van der Waals surface area contributed by atoms with Crippen LogP contribution in [-0.4, -0.2) is 24.0 Å². The average Bonchev–Trinajstić information content (AvgIpc) is 2.36. The zero-order valence-electron chi connectivity index (χ0n) is 12.2. The standard InChI is InChI=1S/C14H20N2O4/c1-9(2)7-10(3)15-12-8-11(14(17)20-4)5-6-13(12)16(18)19/h5-6,8-10,15H,7H2,1-4H3. The molecule has 1 atom stereocenters. The molecule has 0 spiro atoms. The highest BCUT2D eigenvalue weighted by atomic mass is 16.6. The minimum absolute atomic E-state index is 0.0479. The Kier molecular flexibility index (Phi) is 5.49. The fraction of sp³-hybridized carbons (Fsp3) is 0.500. The second-order valence-corrected chi connectivity index (χ2v) is 5.16. The molecule has 0 fully saturated rings. The van der Waals surface area contributed by atoms with Crippen molar-refractivity contribution in [2.45, 2.75) is 33.2 Å². The van der Waals surface area contributed by atoms with Crippen LogP contribution in [0.1, 0.15) is 37.6 Å². The van der Waals surface area contributed by atoms with Crippen LogP contribution in [0.4, 0.5) is 11.4 Å². The Morgan fingerprint density at radius 1 is 1.40 bits per heavy atom. The molecule has 6 heteroatoms. The summed E-state index contributed by atoms with van der Waals surface area (Å²) in [6.07, 6.45) is 0.875. The van der Waals surface area contributed by atoms with Crippen molar-refractivity contribution in [1.82, 2.24) is 0 Å². The Morgan fingerprint density at radius 2 is 2.05 bits per heavy atom. The van der Waals surface area contributed by atoms with E-state index in [0.717, 1.165) is 6.42 Å². The number of anilines is 1. The zero-order valence-corrected chi connectivity index (χ0v) is 12.2. The second-order valence-electron chi connectivity index (χ2n) is 5.16. The first kappa shape index (κ1) is 15.9. The summed E-state index contributed by atoms with van der Waals surface area (Å²) in [5.41, 5.74) is 0.580. The van der Waals surface area contributed by atoms with Gasteiger partial charge in [0.1, 0.15) is 5.69 Å². The van der Waals surface area contributed by atoms with Crippen molar-refractivity contribution in [3.63, 3.8) is 0 Å². The molecule has 6 nitrogen and oxygen atoms in total. The average molecular weight is 280 g/mol. The summed E-state index contributed by atoms with van der Waals surface area (Å²) in [7, 11) is 1.28. The van der Waals surface area contributed by atoms with Crippen molar-refractivity contribution >= 4 is 17.3 Å². The van der Waals surface area contributed by atoms with E-state index in [9.17, 15) is 14.9 Å². The summed E-state index contributed by atoms with van der Waals surface area (Å²) in [5.74, 6) is -0.0418. The highest BCUT2D eigenvalue weighted by molar-refractivity contribution is 5.91. The van der Waals surface area contributed by atoms with Crippen LogP contribution >= 0.6 is 0 Å². The van der Waals surface area contributed by atoms with Gasteiger partial charge in [0.05, 0.1) is 17.6 Å². The van der Waals surface area contributed by atoms with Gasteiger partial charge in [0, 0.05) is 12.1 Å². The first-order chi connectivity index (χ1) is 9.35. The highest BCUT2D eigenvalue weighted by Gasteiger charge is 2.18. The number of carbonyl (C=O) groups excluding carboxylic acids is 1. The van der Waals surface area contributed by atoms with Crippen molar-refractivity contribution in [1.29, 1.82) is 0 Å². The minimum atomic E-state index is -0.514. The lowest BCUT2D eigenvalue weighted by Crippen LogP contribution is -2.18. The lowest BCUT2D eigenvalue weighted by atomic mass is 10.0. The number of methoxy groups -OCH3 is 1. The number of nitrogens with zero attached hydrogens (tertiary/aromatic N) is 1. The SMILES string of the molecule is COC(=O)c1ccc([N+](=O)[O-])c(NC(C)CC(C)C)c1. The summed E-state index contributed by atoms with van der Waals surface area (Å²) < 4.78 is 4.62. The Morgan fingerprint density at radius 3 is 2.55 bits per heavy atom. The van der Waals surface area contributed by atoms with E-state index < -0.39 is 10.9 Å². The molecule has 1 N–H and O–H groups in total. The van der Waals surface area contributed by atoms with Gasteiger partial charge in [0.25, 0.3) is 5.69 Å². The monoisotopic (exact) mass is 280 g/mol. The number of hydrogen-bond donors (Lipinski definition) is 1. The smallest absolute Gasteiger partial charge is 0.337 e. The van der Waals surface area contributed by atoms with Gasteiger partial charge < -0.3 is 10.1 Å². The summed E-state index contributed by atoms with van der Waals surface area (Å²) in [6.45, 7) is 6.11. The lowest BCUT2D eigenvalue weighted by Gasteiger charge is -2.17. The number of nitro groups is 1. The summed E-state index contributed by atoms with van der Waals surface area (Å²) >= 11 is 0. The van der Waals surface area contributed by atoms with Crippen molar-refractivity contribution in [2.75, 3.05) is 12.4 Å². The molecular weight excluding hydrogens is 260 g/mol. The first-order valence-electron chi connectivity index (χ1n) is 6.48. The number of rotatable bonds is 6. The number of nitrogens with one attached hydrogen (secondary N) is 1. The molecule has 0 radical (unpaired) electrons. The fourth-order valence-electron chi connectivity index (χ4n) is 2.09. The third kappa shape index (κ3) is 4.22. The number of esters is 1. The maximum atomic E-state index is 11.5. The van der Waals surface area contributed by atoms with Crippen LogP contribution in [0.5, 0.6) is 0 Å². The molecule has 1 unspecified atom stereocenters. The van der Waals surface area contributed by atoms with E-state index in [-0.39, 0.29) is 17.3 Å². The maximum Gasteiger partial charge on any atom is 0.337 e. The lowest BCUT2D eigenvalue weighted by molar-refractivity contribution is -0.384. The van der Waals surface area contributed by atoms with Crippen LogP contribution < -0.4 is 5.32 Å². The van der Waals surface area contributed by atoms with E-state index in [2.05, 4.69) is 23.9 Å². The Labute approximate surface area is 118 Å². The number of carbonyl (C=O) groups is 1. The van der Waals surface area contributed by atoms with Gasteiger partial charge in [0.2, 0.25) is 0 Å². The van der Waals surface area contributed by atoms with E-state index in [0.29, 0.717) is 11.6 Å². The number of benzene rings is 1. The fourth-order valence-corrected chi connectivity index (χ4v) is 2.09. The largest absolute Gasteiger partial charge is 0.465 e. The molecule has 0 aliphatic heterocycles. The van der Waals surface area contributed by atoms with Crippen molar-refractivity contribution in [2.24, 2.45) is 5.92 Å². The van der Waals surface area contributed by atoms with E-state index in [1.54, 1.807) is 0 Å². The second kappa shape index (κ2) is 6.88. The molecular formula is C14H20N2O4. The van der Waals surface area contributed by atoms with E-state index in [1.165, 1.54) is 25.3 Å². The van der Waals surface area contributed by atoms with E-state index >= 15 is 0 Å². The predicted octanol–water partition coefficient (Wildman–Crippen LogP) is 3.23. The van der Waals surface area contributed by atoms with Crippen LogP contribution in [-0.2, 0) is 4.74 Å². The van der Waals surface area contributed by atoms with E-state index in [4.69, 9.17) is 0 Å². The van der Waals surface area contributed by atoms with Crippen molar-refractivity contribution < 1.29 is 14.5 Å². The van der Waals surface area contributed by atoms with Gasteiger partial charge in [-0.2, -0.15) is 0 Å². The van der Waals surface area contributed by atoms with Crippen molar-refractivity contribution in [3.05, 3.63) is 33.9 Å². The molecule has 0 aromatic heterocycles. The van der Waals surface area contributed by atoms with Crippen molar-refractivity contribution in [3.8, 4) is 0 Å². The van der Waals surface area contributed by atoms with Crippen LogP contribution in [0.3, 0.4) is 0 Å². The molecule has 0 aliphatic rings. The van der Waals surface area contributed by atoms with Gasteiger partial charge in [-0.1, -0.05) is 13.8 Å². The molecule has 0 saturated heterocycles. The predicted molar refractivity (Wildman–Crippen MR) is 77.0 cm³/mol. The van der Waals surface area contributed by atoms with Crippen LogP contribution in [0.2, 0.25) is 0 Å². The van der Waals surface area contributed by atoms with Crippen LogP contribution in [0.25, 0.3) is 0 Å². The molecule has 1 aromatic carbocycles. The van der Waals surface area contributed by atoms with Gasteiger partial charge in [-0.05, 0) is 31.4 Å². The number of nitro benzene ring substituents is 1. The molecule has 110 valence electrons. The molecule has 0 saturated carbocycles. The molecule has 0 aliphatic carbocycles. The van der Waals surface area contributed by atoms with Gasteiger partial charge >= 0.3 is 5.97 Å². The third-order valence-corrected chi connectivity index (χ3v) is 2.84. The number of hydrogen-bond acceptors (Lipinski definition) is 5. The number of ether oxygens (including phenoxy) is 1. The van der Waals surface area contributed by atoms with Gasteiger partial charge in [-0.3, -0.25) is 10.1 Å². The van der Waals surface area contributed by atoms with Gasteiger partial charge in [-0.15, -0.1) is 0 Å². The molecule has 1 rings (SSSR count). The van der Waals surface area contributed by atoms with Gasteiger partial charge in [0.15, 0.2) is 0 Å². The Hall–Kier alpha value is -2.11. The summed E-state index contributed by atoms with van der Waals surface area (Å²) in [4.78, 5) is 22.0. The quantitative estimate of drug-likeness (QED) is 0.491. The minimum Gasteiger partial charge on any atom is -0.465 e. The summed E-state index contributed by atoms with van der Waals surface area (Å²) in [6, 6.07) is 4.24. The normalized spacial score (nSPS) is 12.1. The van der Waals surface area contributed by atoms with Crippen LogP contribution in [0.15, 0.2) is 18.2 Å². The molecule has 1 aromatic rings. The summed E-state index contributed by atoms with van der Waals surface area (Å²) in [5, 5.41) is 14.1. The Bertz CT molecular complexity index is 500.